The highest BCUT2D eigenvalue weighted by Crippen LogP contribution is 2.42. The summed E-state index contributed by atoms with van der Waals surface area (Å²) in [6.45, 7) is 15.7. The molecule has 9 nitrogen and oxygen atoms in total. The largest absolute Gasteiger partial charge is 0.339 e. The lowest BCUT2D eigenvalue weighted by Crippen LogP contribution is -2.62. The molecule has 1 atom stereocenters. The van der Waals surface area contributed by atoms with Gasteiger partial charge in [-0.3, -0.25) is 19.6 Å². The zero-order valence-corrected chi connectivity index (χ0v) is 29.8. The number of piperazine rings is 1. The Morgan fingerprint density at radius 2 is 1.74 bits per heavy atom. The molecule has 47 heavy (non-hydrogen) atoms. The number of sulfonamides is 1. The highest BCUT2D eigenvalue weighted by Gasteiger charge is 2.45. The van der Waals surface area contributed by atoms with E-state index in [2.05, 4.69) is 41.8 Å². The van der Waals surface area contributed by atoms with Crippen LogP contribution in [0.5, 0.6) is 0 Å². The van der Waals surface area contributed by atoms with Gasteiger partial charge in [0.25, 0.3) is 5.91 Å². The number of rotatable bonds is 10. The van der Waals surface area contributed by atoms with Crippen LogP contribution < -0.4 is 0 Å². The fourth-order valence-electron chi connectivity index (χ4n) is 8.27. The molecule has 3 aliphatic rings. The molecule has 4 heterocycles. The minimum atomic E-state index is -3.11. The van der Waals surface area contributed by atoms with Gasteiger partial charge in [0.15, 0.2) is 0 Å². The van der Waals surface area contributed by atoms with Crippen molar-refractivity contribution in [2.45, 2.75) is 72.0 Å². The van der Waals surface area contributed by atoms with Gasteiger partial charge < -0.3 is 9.47 Å². The van der Waals surface area contributed by atoms with E-state index in [-0.39, 0.29) is 11.9 Å². The number of hydrogen-bond acceptors (Lipinski definition) is 6. The third-order valence-corrected chi connectivity index (χ3v) is 12.3. The number of likely N-dealkylation sites (tertiary alicyclic amines) is 1. The molecule has 1 saturated carbocycles. The number of pyridine rings is 1. The predicted octanol–water partition coefficient (Wildman–Crippen LogP) is 4.81. The van der Waals surface area contributed by atoms with Crippen LogP contribution in [0, 0.1) is 30.5 Å². The first kappa shape index (κ1) is 34.0. The molecule has 1 aromatic carbocycles. The van der Waals surface area contributed by atoms with Crippen molar-refractivity contribution in [1.82, 2.24) is 28.6 Å². The number of aryl methyl sites for hydroxylation is 1. The lowest BCUT2D eigenvalue weighted by atomic mass is 9.69. The van der Waals surface area contributed by atoms with Crippen molar-refractivity contribution in [1.29, 1.82) is 0 Å². The molecule has 1 aliphatic carbocycles. The SMILES string of the molecule is Cc1cncc2c1c(CC1CN([C@@H](C(C)C)C3CC(N4CCN(S(C)(=O)=O)CC4)C3)C1)cn2-c1ccc(F)cc1C(=O)N(C)C(C)C. The summed E-state index contributed by atoms with van der Waals surface area (Å²) in [5.74, 6) is 1.13. The first-order valence-corrected chi connectivity index (χ1v) is 19.0. The molecule has 1 amide bonds. The lowest BCUT2D eigenvalue weighted by molar-refractivity contribution is -0.0496. The molecule has 2 aromatic heterocycles. The molecule has 6 rings (SSSR count). The third-order valence-electron chi connectivity index (χ3n) is 11.0. The summed E-state index contributed by atoms with van der Waals surface area (Å²) in [4.78, 5) is 24.8. The van der Waals surface area contributed by atoms with Crippen LogP contribution in [0.3, 0.4) is 0 Å². The fourth-order valence-corrected chi connectivity index (χ4v) is 9.10. The van der Waals surface area contributed by atoms with Gasteiger partial charge in [0.1, 0.15) is 5.82 Å². The average molecular weight is 667 g/mol. The van der Waals surface area contributed by atoms with Gasteiger partial charge >= 0.3 is 0 Å². The Hall–Kier alpha value is -2.86. The van der Waals surface area contributed by atoms with E-state index >= 15 is 0 Å². The molecule has 0 unspecified atom stereocenters. The number of carbonyl (C=O) groups excluding carboxylic acids is 1. The van der Waals surface area contributed by atoms with E-state index in [1.54, 1.807) is 22.3 Å². The maximum Gasteiger partial charge on any atom is 0.256 e. The summed E-state index contributed by atoms with van der Waals surface area (Å²) >= 11 is 0. The van der Waals surface area contributed by atoms with Crippen molar-refractivity contribution in [2.24, 2.45) is 17.8 Å². The second-order valence-electron chi connectivity index (χ2n) is 14.9. The van der Waals surface area contributed by atoms with Gasteiger partial charge in [-0.1, -0.05) is 13.8 Å². The van der Waals surface area contributed by atoms with Crippen molar-refractivity contribution in [3.8, 4) is 5.69 Å². The van der Waals surface area contributed by atoms with Gasteiger partial charge in [0, 0.05) is 82.2 Å². The summed E-state index contributed by atoms with van der Waals surface area (Å²) in [6, 6.07) is 5.58. The number of benzene rings is 1. The van der Waals surface area contributed by atoms with Gasteiger partial charge in [0.05, 0.1) is 29.2 Å². The van der Waals surface area contributed by atoms with E-state index in [1.807, 2.05) is 30.8 Å². The smallest absolute Gasteiger partial charge is 0.256 e. The van der Waals surface area contributed by atoms with Crippen LogP contribution in [0.25, 0.3) is 16.6 Å². The van der Waals surface area contributed by atoms with Crippen LogP contribution in [0.1, 0.15) is 62.0 Å². The zero-order valence-electron chi connectivity index (χ0n) is 29.0. The molecule has 3 aromatic rings. The van der Waals surface area contributed by atoms with Crippen LogP contribution in [-0.2, 0) is 16.4 Å². The monoisotopic (exact) mass is 666 g/mol. The maximum absolute atomic E-state index is 14.5. The Balaban J connectivity index is 1.15. The molecule has 0 spiro atoms. The van der Waals surface area contributed by atoms with Crippen LogP contribution in [0.2, 0.25) is 0 Å². The average Bonchev–Trinajstić information content (AvgIpc) is 3.34. The van der Waals surface area contributed by atoms with Crippen molar-refractivity contribution in [2.75, 3.05) is 52.6 Å². The van der Waals surface area contributed by atoms with E-state index in [0.717, 1.165) is 49.1 Å². The van der Waals surface area contributed by atoms with E-state index in [4.69, 9.17) is 0 Å². The van der Waals surface area contributed by atoms with Crippen LogP contribution in [0.4, 0.5) is 4.39 Å². The summed E-state index contributed by atoms with van der Waals surface area (Å²) in [6.07, 6.45) is 10.5. The molecule has 256 valence electrons. The fraction of sp³-hybridized carbons (Fsp3) is 0.611. The van der Waals surface area contributed by atoms with E-state index < -0.39 is 15.8 Å². The van der Waals surface area contributed by atoms with Gasteiger partial charge in [0.2, 0.25) is 10.0 Å². The highest BCUT2D eigenvalue weighted by atomic mass is 32.2. The van der Waals surface area contributed by atoms with Crippen molar-refractivity contribution in [3.63, 3.8) is 0 Å². The van der Waals surface area contributed by atoms with E-state index in [9.17, 15) is 17.6 Å². The summed E-state index contributed by atoms with van der Waals surface area (Å²) in [5, 5.41) is 1.16. The first-order chi connectivity index (χ1) is 22.2. The minimum absolute atomic E-state index is 0.0146. The van der Waals surface area contributed by atoms with Gasteiger partial charge in [-0.15, -0.1) is 0 Å². The minimum Gasteiger partial charge on any atom is -0.339 e. The van der Waals surface area contributed by atoms with Crippen molar-refractivity contribution >= 4 is 26.8 Å². The Bertz CT molecular complexity index is 1720. The molecule has 2 saturated heterocycles. The van der Waals surface area contributed by atoms with Crippen molar-refractivity contribution < 1.29 is 17.6 Å². The summed E-state index contributed by atoms with van der Waals surface area (Å²) in [5.41, 5.74) is 4.28. The molecule has 0 radical (unpaired) electrons. The number of halogens is 1. The summed E-state index contributed by atoms with van der Waals surface area (Å²) < 4.78 is 42.0. The molecule has 0 N–H and O–H groups in total. The zero-order chi connectivity index (χ0) is 33.8. The van der Waals surface area contributed by atoms with Gasteiger partial charge in [-0.2, -0.15) is 4.31 Å². The second kappa shape index (κ2) is 13.2. The molecule has 2 aliphatic heterocycles. The van der Waals surface area contributed by atoms with Crippen LogP contribution >= 0.6 is 0 Å². The topological polar surface area (TPSA) is 82.0 Å². The quantitative estimate of drug-likeness (QED) is 0.309. The Labute approximate surface area is 279 Å². The van der Waals surface area contributed by atoms with Gasteiger partial charge in [-0.25, -0.2) is 12.8 Å². The predicted molar refractivity (Wildman–Crippen MR) is 185 cm³/mol. The number of aromatic nitrogens is 2. The Kier molecular flexibility index (Phi) is 9.56. The number of amides is 1. The van der Waals surface area contributed by atoms with Crippen LogP contribution in [-0.4, -0.2) is 114 Å². The number of nitrogens with zero attached hydrogens (tertiary/aromatic N) is 6. The maximum atomic E-state index is 14.5. The highest BCUT2D eigenvalue weighted by molar-refractivity contribution is 7.88. The number of fused-ring (bicyclic) bond motifs is 1. The molecular formula is C36H51FN6O3S. The Morgan fingerprint density at radius 1 is 1.06 bits per heavy atom. The standard InChI is InChI=1S/C36H51FN6O3S/c1-23(2)35(27-15-30(16-27)40-10-12-42(13-11-40)47(7,45)46)41-20-26(21-41)14-28-22-43(33-19-38-18-25(5)34(28)33)32-9-8-29(37)17-31(32)36(44)39(6)24(3)4/h8-9,17-19,22-24,26-27,30,35H,10-16,20-21H2,1-7H3/t27?,30?,35-/m0/s1. The second-order valence-corrected chi connectivity index (χ2v) is 16.9. The van der Waals surface area contributed by atoms with Crippen molar-refractivity contribution in [3.05, 3.63) is 59.3 Å². The lowest BCUT2D eigenvalue weighted by Gasteiger charge is -2.55. The normalized spacial score (nSPS) is 22.5. The molecule has 3 fully saturated rings. The first-order valence-electron chi connectivity index (χ1n) is 17.2. The van der Waals surface area contributed by atoms with Crippen LogP contribution in [0.15, 0.2) is 36.8 Å². The Morgan fingerprint density at radius 3 is 2.36 bits per heavy atom. The third kappa shape index (κ3) is 6.73. The molecular weight excluding hydrogens is 616 g/mol. The number of hydrogen-bond donors (Lipinski definition) is 0. The molecule has 11 heteroatoms. The number of carbonyl (C=O) groups is 1. The molecule has 0 bridgehead atoms. The van der Waals surface area contributed by atoms with E-state index in [1.165, 1.54) is 36.8 Å². The van der Waals surface area contributed by atoms with Gasteiger partial charge in [-0.05, 0) is 87.1 Å². The van der Waals surface area contributed by atoms with E-state index in [0.29, 0.717) is 54.2 Å². The summed E-state index contributed by atoms with van der Waals surface area (Å²) in [7, 11) is -1.35.